The van der Waals surface area contributed by atoms with Crippen LogP contribution in [-0.4, -0.2) is 45.9 Å². The summed E-state index contributed by atoms with van der Waals surface area (Å²) in [6, 6.07) is 5.96. The molecule has 1 fully saturated rings. The molecule has 1 aliphatic heterocycles. The molecule has 130 valence electrons. The average Bonchev–Trinajstić information content (AvgIpc) is 2.52. The van der Waals surface area contributed by atoms with Crippen molar-refractivity contribution >= 4 is 18.3 Å². The van der Waals surface area contributed by atoms with Gasteiger partial charge in [0.25, 0.3) is 0 Å². The fraction of sp³-hybridized carbons (Fsp3) is 0.562. The number of rotatable bonds is 7. The molecule has 0 saturated carbocycles. The number of ether oxygens (including phenoxy) is 2. The van der Waals surface area contributed by atoms with Crippen LogP contribution in [0.2, 0.25) is 0 Å². The van der Waals surface area contributed by atoms with Gasteiger partial charge in [0.05, 0.1) is 18.6 Å². The van der Waals surface area contributed by atoms with Crippen LogP contribution < -0.4 is 15.4 Å². The summed E-state index contributed by atoms with van der Waals surface area (Å²) >= 11 is 0. The molecule has 7 heteroatoms. The van der Waals surface area contributed by atoms with E-state index in [4.69, 9.17) is 9.47 Å². The number of carbonyl (C=O) groups is 1. The first-order valence-corrected chi connectivity index (χ1v) is 7.53. The van der Waals surface area contributed by atoms with Crippen molar-refractivity contribution in [2.24, 2.45) is 5.41 Å². The molecule has 2 N–H and O–H groups in total. The maximum absolute atomic E-state index is 13.0. The van der Waals surface area contributed by atoms with Crippen molar-refractivity contribution in [2.45, 2.75) is 12.8 Å². The Hall–Kier alpha value is -1.37. The van der Waals surface area contributed by atoms with Gasteiger partial charge >= 0.3 is 0 Å². The Bertz CT molecular complexity index is 490. The largest absolute Gasteiger partial charge is 0.492 e. The normalized spacial score (nSPS) is 16.3. The summed E-state index contributed by atoms with van der Waals surface area (Å²) in [6.07, 6.45) is 1.52. The monoisotopic (exact) mass is 346 g/mol. The second kappa shape index (κ2) is 9.70. The molecule has 1 aromatic carbocycles. The van der Waals surface area contributed by atoms with Crippen molar-refractivity contribution in [1.82, 2.24) is 10.6 Å². The number of hydrogen-bond acceptors (Lipinski definition) is 4. The maximum Gasteiger partial charge on any atom is 0.228 e. The minimum atomic E-state index is -0.459. The molecule has 0 spiro atoms. The van der Waals surface area contributed by atoms with Gasteiger partial charge in [-0.2, -0.15) is 0 Å². The smallest absolute Gasteiger partial charge is 0.228 e. The third kappa shape index (κ3) is 5.64. The van der Waals surface area contributed by atoms with Crippen LogP contribution in [0.3, 0.4) is 0 Å². The van der Waals surface area contributed by atoms with Crippen LogP contribution in [0.4, 0.5) is 4.39 Å². The van der Waals surface area contributed by atoms with Gasteiger partial charge in [0.15, 0.2) is 0 Å². The second-order valence-corrected chi connectivity index (χ2v) is 5.53. The lowest BCUT2D eigenvalue weighted by Crippen LogP contribution is -2.50. The predicted octanol–water partition coefficient (Wildman–Crippen LogP) is 1.76. The maximum atomic E-state index is 13.0. The number of methoxy groups -OCH3 is 1. The number of benzene rings is 1. The van der Waals surface area contributed by atoms with Crippen LogP contribution in [0.5, 0.6) is 5.75 Å². The molecular weight excluding hydrogens is 323 g/mol. The Morgan fingerprint density at radius 3 is 2.78 bits per heavy atom. The quantitative estimate of drug-likeness (QED) is 0.739. The SMILES string of the molecule is COCC1(C(=O)NCCOc2cccc(F)c2)CCNCC1.Cl. The lowest BCUT2D eigenvalue weighted by atomic mass is 9.78. The van der Waals surface area contributed by atoms with Crippen LogP contribution in [0.1, 0.15) is 12.8 Å². The molecule has 0 unspecified atom stereocenters. The van der Waals surface area contributed by atoms with Gasteiger partial charge in [0.1, 0.15) is 18.2 Å². The summed E-state index contributed by atoms with van der Waals surface area (Å²) in [5.74, 6) is 0.122. The van der Waals surface area contributed by atoms with E-state index in [1.165, 1.54) is 12.1 Å². The standard InChI is InChI=1S/C16H23FN2O3.ClH/c1-21-12-16(5-7-18-8-6-16)15(20)19-9-10-22-14-4-2-3-13(17)11-14;/h2-4,11,18H,5-10,12H2,1H3,(H,19,20);1H. The van der Waals surface area contributed by atoms with E-state index in [9.17, 15) is 9.18 Å². The second-order valence-electron chi connectivity index (χ2n) is 5.53. The molecule has 0 atom stereocenters. The molecule has 1 heterocycles. The van der Waals surface area contributed by atoms with E-state index >= 15 is 0 Å². The van der Waals surface area contributed by atoms with Crippen molar-refractivity contribution in [1.29, 1.82) is 0 Å². The van der Waals surface area contributed by atoms with Crippen molar-refractivity contribution in [2.75, 3.05) is 40.0 Å². The van der Waals surface area contributed by atoms with E-state index in [-0.39, 0.29) is 24.1 Å². The molecule has 0 radical (unpaired) electrons. The van der Waals surface area contributed by atoms with E-state index < -0.39 is 5.41 Å². The Morgan fingerprint density at radius 2 is 2.13 bits per heavy atom. The Balaban J connectivity index is 0.00000264. The number of amides is 1. The van der Waals surface area contributed by atoms with Gasteiger partial charge < -0.3 is 20.1 Å². The van der Waals surface area contributed by atoms with Crippen molar-refractivity contribution in [3.8, 4) is 5.75 Å². The molecule has 5 nitrogen and oxygen atoms in total. The average molecular weight is 347 g/mol. The molecule has 1 amide bonds. The molecule has 23 heavy (non-hydrogen) atoms. The highest BCUT2D eigenvalue weighted by atomic mass is 35.5. The van der Waals surface area contributed by atoms with Gasteiger partial charge in [0.2, 0.25) is 5.91 Å². The third-order valence-electron chi connectivity index (χ3n) is 3.92. The molecular formula is C16H24ClFN2O3. The zero-order chi connectivity index (χ0) is 15.8. The van der Waals surface area contributed by atoms with Crippen molar-refractivity contribution < 1.29 is 18.7 Å². The van der Waals surface area contributed by atoms with Gasteiger partial charge in [0, 0.05) is 13.2 Å². The van der Waals surface area contributed by atoms with Gasteiger partial charge in [-0.15, -0.1) is 12.4 Å². The number of carbonyl (C=O) groups excluding carboxylic acids is 1. The summed E-state index contributed by atoms with van der Waals surface area (Å²) in [5.41, 5.74) is -0.459. The highest BCUT2D eigenvalue weighted by Crippen LogP contribution is 2.29. The van der Waals surface area contributed by atoms with E-state index in [0.717, 1.165) is 25.9 Å². The van der Waals surface area contributed by atoms with Gasteiger partial charge in [-0.25, -0.2) is 4.39 Å². The Labute approximate surface area is 142 Å². The van der Waals surface area contributed by atoms with Crippen LogP contribution in [0, 0.1) is 11.2 Å². The molecule has 2 rings (SSSR count). The fourth-order valence-electron chi connectivity index (χ4n) is 2.70. The molecule has 1 aliphatic rings. The van der Waals surface area contributed by atoms with Crippen LogP contribution >= 0.6 is 12.4 Å². The summed E-state index contributed by atoms with van der Waals surface area (Å²) < 4.78 is 23.7. The number of nitrogens with one attached hydrogen (secondary N) is 2. The summed E-state index contributed by atoms with van der Waals surface area (Å²) in [6.45, 7) is 2.74. The summed E-state index contributed by atoms with van der Waals surface area (Å²) in [5, 5.41) is 6.15. The Kier molecular flexibility index (Phi) is 8.30. The molecule has 0 aromatic heterocycles. The number of piperidine rings is 1. The van der Waals surface area contributed by atoms with E-state index in [2.05, 4.69) is 10.6 Å². The first-order chi connectivity index (χ1) is 10.7. The molecule has 1 aromatic rings. The van der Waals surface area contributed by atoms with E-state index in [0.29, 0.717) is 25.5 Å². The first-order valence-electron chi connectivity index (χ1n) is 7.53. The van der Waals surface area contributed by atoms with Crippen LogP contribution in [0.25, 0.3) is 0 Å². The topological polar surface area (TPSA) is 59.6 Å². The summed E-state index contributed by atoms with van der Waals surface area (Å²) in [4.78, 5) is 12.4. The zero-order valence-electron chi connectivity index (χ0n) is 13.3. The van der Waals surface area contributed by atoms with E-state index in [1.807, 2.05) is 0 Å². The number of halogens is 2. The highest BCUT2D eigenvalue weighted by Gasteiger charge is 2.39. The molecule has 0 aliphatic carbocycles. The van der Waals surface area contributed by atoms with E-state index in [1.54, 1.807) is 19.2 Å². The van der Waals surface area contributed by atoms with Gasteiger partial charge in [-0.05, 0) is 38.1 Å². The lowest BCUT2D eigenvalue weighted by molar-refractivity contribution is -0.136. The van der Waals surface area contributed by atoms with Crippen molar-refractivity contribution in [3.63, 3.8) is 0 Å². The minimum absolute atomic E-state index is 0. The first kappa shape index (κ1) is 19.7. The van der Waals surface area contributed by atoms with Crippen LogP contribution in [0.15, 0.2) is 24.3 Å². The van der Waals surface area contributed by atoms with Gasteiger partial charge in [-0.3, -0.25) is 4.79 Å². The van der Waals surface area contributed by atoms with Crippen LogP contribution in [-0.2, 0) is 9.53 Å². The number of hydrogen-bond donors (Lipinski definition) is 2. The lowest BCUT2D eigenvalue weighted by Gasteiger charge is -2.35. The van der Waals surface area contributed by atoms with Crippen molar-refractivity contribution in [3.05, 3.63) is 30.1 Å². The fourth-order valence-corrected chi connectivity index (χ4v) is 2.70. The summed E-state index contributed by atoms with van der Waals surface area (Å²) in [7, 11) is 1.62. The predicted molar refractivity (Wildman–Crippen MR) is 88.6 cm³/mol. The third-order valence-corrected chi connectivity index (χ3v) is 3.92. The molecule has 1 saturated heterocycles. The zero-order valence-corrected chi connectivity index (χ0v) is 14.1. The minimum Gasteiger partial charge on any atom is -0.492 e. The highest BCUT2D eigenvalue weighted by molar-refractivity contribution is 5.85. The van der Waals surface area contributed by atoms with Gasteiger partial charge in [-0.1, -0.05) is 6.07 Å². The molecule has 0 bridgehead atoms. The Morgan fingerprint density at radius 1 is 1.39 bits per heavy atom.